The zero-order valence-corrected chi connectivity index (χ0v) is 14.9. The molecule has 1 fully saturated rings. The number of amides is 3. The van der Waals surface area contributed by atoms with Crippen LogP contribution in [0.5, 0.6) is 5.75 Å². The topological polar surface area (TPSA) is 87.7 Å². The van der Waals surface area contributed by atoms with Gasteiger partial charge in [-0.25, -0.2) is 8.78 Å². The maximum absolute atomic E-state index is 13.2. The highest BCUT2D eigenvalue weighted by Gasteiger charge is 2.25. The van der Waals surface area contributed by atoms with Crippen molar-refractivity contribution < 1.29 is 27.9 Å². The Balaban J connectivity index is 1.73. The number of methoxy groups -OCH3 is 1. The first-order valence-electron chi connectivity index (χ1n) is 8.45. The average Bonchev–Trinajstić information content (AvgIpc) is 3.10. The lowest BCUT2D eigenvalue weighted by Gasteiger charge is -2.20. The first-order chi connectivity index (χ1) is 13.4. The van der Waals surface area contributed by atoms with E-state index in [0.29, 0.717) is 24.4 Å². The van der Waals surface area contributed by atoms with Crippen LogP contribution in [0.15, 0.2) is 36.4 Å². The predicted molar refractivity (Wildman–Crippen MR) is 98.2 cm³/mol. The number of benzene rings is 2. The fourth-order valence-electron chi connectivity index (χ4n) is 2.83. The molecule has 1 saturated heterocycles. The lowest BCUT2D eigenvalue weighted by molar-refractivity contribution is -0.133. The van der Waals surface area contributed by atoms with Gasteiger partial charge in [-0.05, 0) is 36.8 Å². The molecule has 146 valence electrons. The number of hydrogen-bond acceptors (Lipinski definition) is 4. The molecular weight excluding hydrogens is 372 g/mol. The summed E-state index contributed by atoms with van der Waals surface area (Å²) in [6.45, 7) is 0.531. The standard InChI is InChI=1S/C19H17F2N3O4/c1-28-16-7-5-12(10-15(16)24-8-2-3-17(24)25)23-19(27)18(26)22-11-4-6-13(20)14(21)9-11/h4-7,9-10H,2-3,8H2,1H3,(H,22,26)(H,23,27). The molecule has 0 radical (unpaired) electrons. The van der Waals surface area contributed by atoms with Crippen molar-refractivity contribution in [1.29, 1.82) is 0 Å². The number of carbonyl (C=O) groups excluding carboxylic acids is 3. The summed E-state index contributed by atoms with van der Waals surface area (Å²) >= 11 is 0. The molecule has 28 heavy (non-hydrogen) atoms. The van der Waals surface area contributed by atoms with Gasteiger partial charge in [-0.3, -0.25) is 14.4 Å². The van der Waals surface area contributed by atoms with E-state index in [1.54, 1.807) is 11.0 Å². The van der Waals surface area contributed by atoms with Crippen LogP contribution in [0.1, 0.15) is 12.8 Å². The van der Waals surface area contributed by atoms with E-state index in [2.05, 4.69) is 10.6 Å². The van der Waals surface area contributed by atoms with Gasteiger partial charge in [0.15, 0.2) is 11.6 Å². The van der Waals surface area contributed by atoms with Crippen LogP contribution in [0.2, 0.25) is 0 Å². The van der Waals surface area contributed by atoms with Crippen molar-refractivity contribution in [1.82, 2.24) is 0 Å². The Morgan fingerprint density at radius 1 is 1.00 bits per heavy atom. The number of nitrogens with one attached hydrogen (secondary N) is 2. The molecule has 9 heteroatoms. The van der Waals surface area contributed by atoms with Gasteiger partial charge in [-0.15, -0.1) is 0 Å². The van der Waals surface area contributed by atoms with Gasteiger partial charge in [0.2, 0.25) is 5.91 Å². The molecule has 2 aromatic carbocycles. The first kappa shape index (κ1) is 19.3. The SMILES string of the molecule is COc1ccc(NC(=O)C(=O)Nc2ccc(F)c(F)c2)cc1N1CCCC1=O. The second-order valence-corrected chi connectivity index (χ2v) is 6.07. The summed E-state index contributed by atoms with van der Waals surface area (Å²) in [5, 5.41) is 4.59. The molecule has 0 aromatic heterocycles. The second kappa shape index (κ2) is 8.03. The van der Waals surface area contributed by atoms with Gasteiger partial charge in [0, 0.05) is 30.4 Å². The summed E-state index contributed by atoms with van der Waals surface area (Å²) in [6.07, 6.45) is 1.14. The molecule has 0 atom stereocenters. The van der Waals surface area contributed by atoms with E-state index in [1.807, 2.05) is 0 Å². The number of nitrogens with zero attached hydrogens (tertiary/aromatic N) is 1. The smallest absolute Gasteiger partial charge is 0.314 e. The zero-order valence-electron chi connectivity index (χ0n) is 14.9. The molecular formula is C19H17F2N3O4. The minimum atomic E-state index is -1.15. The quantitative estimate of drug-likeness (QED) is 0.787. The Morgan fingerprint density at radius 3 is 2.21 bits per heavy atom. The van der Waals surface area contributed by atoms with Crippen LogP contribution < -0.4 is 20.3 Å². The van der Waals surface area contributed by atoms with Gasteiger partial charge in [0.25, 0.3) is 0 Å². The van der Waals surface area contributed by atoms with Crippen LogP contribution in [0.25, 0.3) is 0 Å². The van der Waals surface area contributed by atoms with Gasteiger partial charge in [0.1, 0.15) is 5.75 Å². The highest BCUT2D eigenvalue weighted by molar-refractivity contribution is 6.43. The van der Waals surface area contributed by atoms with Crippen LogP contribution in [0.3, 0.4) is 0 Å². The molecule has 2 N–H and O–H groups in total. The van der Waals surface area contributed by atoms with E-state index in [4.69, 9.17) is 4.74 Å². The Kier molecular flexibility index (Phi) is 5.53. The van der Waals surface area contributed by atoms with Gasteiger partial charge in [0.05, 0.1) is 12.8 Å². The predicted octanol–water partition coefficient (Wildman–Crippen LogP) is 2.68. The minimum Gasteiger partial charge on any atom is -0.495 e. The lowest BCUT2D eigenvalue weighted by Crippen LogP contribution is -2.29. The van der Waals surface area contributed by atoms with Crippen LogP contribution in [0.4, 0.5) is 25.8 Å². The summed E-state index contributed by atoms with van der Waals surface area (Å²) < 4.78 is 31.4. The summed E-state index contributed by atoms with van der Waals surface area (Å²) in [5.41, 5.74) is 0.710. The Labute approximate surface area is 159 Å². The molecule has 3 amide bonds. The molecule has 0 unspecified atom stereocenters. The normalized spacial score (nSPS) is 13.4. The Bertz CT molecular complexity index is 949. The van der Waals surface area contributed by atoms with Gasteiger partial charge < -0.3 is 20.3 Å². The first-order valence-corrected chi connectivity index (χ1v) is 8.45. The average molecular weight is 389 g/mol. The molecule has 1 aliphatic rings. The third-order valence-corrected chi connectivity index (χ3v) is 4.18. The monoisotopic (exact) mass is 389 g/mol. The van der Waals surface area contributed by atoms with Crippen molar-refractivity contribution in [2.75, 3.05) is 29.2 Å². The van der Waals surface area contributed by atoms with E-state index in [9.17, 15) is 23.2 Å². The summed E-state index contributed by atoms with van der Waals surface area (Å²) in [4.78, 5) is 37.7. The van der Waals surface area contributed by atoms with Crippen molar-refractivity contribution in [2.45, 2.75) is 12.8 Å². The van der Waals surface area contributed by atoms with Gasteiger partial charge in [-0.1, -0.05) is 0 Å². The maximum Gasteiger partial charge on any atom is 0.314 e. The molecule has 0 saturated carbocycles. The number of hydrogen-bond donors (Lipinski definition) is 2. The van der Waals surface area contributed by atoms with Crippen molar-refractivity contribution in [3.63, 3.8) is 0 Å². The van der Waals surface area contributed by atoms with E-state index in [-0.39, 0.29) is 17.3 Å². The lowest BCUT2D eigenvalue weighted by atomic mass is 10.2. The Morgan fingerprint density at radius 2 is 1.64 bits per heavy atom. The molecule has 0 spiro atoms. The van der Waals surface area contributed by atoms with Crippen molar-refractivity contribution in [2.24, 2.45) is 0 Å². The number of halogens is 2. The minimum absolute atomic E-state index is 0.0575. The fourth-order valence-corrected chi connectivity index (χ4v) is 2.83. The highest BCUT2D eigenvalue weighted by Crippen LogP contribution is 2.34. The maximum atomic E-state index is 13.2. The summed E-state index contributed by atoms with van der Waals surface area (Å²) in [6, 6.07) is 7.37. The molecule has 1 heterocycles. The zero-order chi connectivity index (χ0) is 20.3. The van der Waals surface area contributed by atoms with E-state index >= 15 is 0 Å². The molecule has 0 aliphatic carbocycles. The molecule has 1 aliphatic heterocycles. The van der Waals surface area contributed by atoms with Crippen molar-refractivity contribution in [3.8, 4) is 5.75 Å². The molecule has 3 rings (SSSR count). The van der Waals surface area contributed by atoms with E-state index in [0.717, 1.165) is 24.6 Å². The van der Waals surface area contributed by atoms with Crippen LogP contribution >= 0.6 is 0 Å². The molecule has 0 bridgehead atoms. The molecule has 7 nitrogen and oxygen atoms in total. The van der Waals surface area contributed by atoms with E-state index < -0.39 is 23.4 Å². The third-order valence-electron chi connectivity index (χ3n) is 4.18. The number of ether oxygens (including phenoxy) is 1. The highest BCUT2D eigenvalue weighted by atomic mass is 19.2. The third kappa shape index (κ3) is 4.08. The number of rotatable bonds is 4. The van der Waals surface area contributed by atoms with Crippen molar-refractivity contribution >= 4 is 34.8 Å². The van der Waals surface area contributed by atoms with Crippen LogP contribution in [-0.2, 0) is 14.4 Å². The largest absolute Gasteiger partial charge is 0.495 e. The van der Waals surface area contributed by atoms with E-state index in [1.165, 1.54) is 19.2 Å². The number of carbonyl (C=O) groups is 3. The fraction of sp³-hybridized carbons (Fsp3) is 0.211. The summed E-state index contributed by atoms with van der Waals surface area (Å²) in [5.74, 6) is -3.87. The van der Waals surface area contributed by atoms with Gasteiger partial charge >= 0.3 is 11.8 Å². The second-order valence-electron chi connectivity index (χ2n) is 6.07. The van der Waals surface area contributed by atoms with Crippen LogP contribution in [0, 0.1) is 11.6 Å². The van der Waals surface area contributed by atoms with Crippen molar-refractivity contribution in [3.05, 3.63) is 48.0 Å². The van der Waals surface area contributed by atoms with Crippen LogP contribution in [-0.4, -0.2) is 31.4 Å². The van der Waals surface area contributed by atoms with Gasteiger partial charge in [-0.2, -0.15) is 0 Å². The number of anilines is 3. The Hall–Kier alpha value is -3.49. The summed E-state index contributed by atoms with van der Waals surface area (Å²) in [7, 11) is 1.47. The molecule has 2 aromatic rings.